The van der Waals surface area contributed by atoms with E-state index in [0.29, 0.717) is 18.7 Å². The quantitative estimate of drug-likeness (QED) is 0.825. The molecule has 1 aliphatic rings. The fourth-order valence-corrected chi connectivity index (χ4v) is 4.63. The Kier molecular flexibility index (Phi) is 5.82. The molecule has 6 nitrogen and oxygen atoms in total. The highest BCUT2D eigenvalue weighted by atomic mass is 32.2. The van der Waals surface area contributed by atoms with Gasteiger partial charge in [-0.1, -0.05) is 12.1 Å². The van der Waals surface area contributed by atoms with Crippen LogP contribution in [-0.4, -0.2) is 38.8 Å². The fourth-order valence-electron chi connectivity index (χ4n) is 3.11. The summed E-state index contributed by atoms with van der Waals surface area (Å²) in [5, 5.41) is 2.92. The molecule has 1 fully saturated rings. The first-order chi connectivity index (χ1) is 12.9. The zero-order valence-electron chi connectivity index (χ0n) is 15.5. The number of nitrogens with zero attached hydrogens (tertiary/aromatic N) is 1. The minimum atomic E-state index is -3.46. The number of nitrogens with one attached hydrogen (secondary N) is 1. The number of sulfonamides is 1. The fraction of sp³-hybridized carbons (Fsp3) is 0.350. The second kappa shape index (κ2) is 8.10. The number of amides is 1. The Morgan fingerprint density at radius 2 is 1.63 bits per heavy atom. The van der Waals surface area contributed by atoms with E-state index in [1.54, 1.807) is 19.2 Å². The van der Waals surface area contributed by atoms with Crippen molar-refractivity contribution in [3.63, 3.8) is 0 Å². The SMILES string of the molecule is COc1ccc([C@@H](C)NC(=O)c2ccc(S(=O)(=O)N3CCCC3)cc2)cc1. The molecule has 7 heteroatoms. The van der Waals surface area contributed by atoms with E-state index in [1.807, 2.05) is 31.2 Å². The van der Waals surface area contributed by atoms with Crippen molar-refractivity contribution in [1.82, 2.24) is 9.62 Å². The van der Waals surface area contributed by atoms with Crippen LogP contribution in [0.15, 0.2) is 53.4 Å². The Hall–Kier alpha value is -2.38. The molecule has 1 heterocycles. The number of benzene rings is 2. The lowest BCUT2D eigenvalue weighted by molar-refractivity contribution is 0.0940. The largest absolute Gasteiger partial charge is 0.497 e. The number of carbonyl (C=O) groups is 1. The lowest BCUT2D eigenvalue weighted by Crippen LogP contribution is -2.28. The van der Waals surface area contributed by atoms with Gasteiger partial charge in [0.15, 0.2) is 0 Å². The highest BCUT2D eigenvalue weighted by Crippen LogP contribution is 2.22. The van der Waals surface area contributed by atoms with Gasteiger partial charge in [0.1, 0.15) is 5.75 Å². The molecule has 2 aromatic carbocycles. The minimum absolute atomic E-state index is 0.184. The normalized spacial score (nSPS) is 16.1. The molecule has 0 saturated carbocycles. The molecule has 0 bridgehead atoms. The van der Waals surface area contributed by atoms with Crippen LogP contribution in [0.5, 0.6) is 5.75 Å². The van der Waals surface area contributed by atoms with Crippen LogP contribution in [0.2, 0.25) is 0 Å². The number of rotatable bonds is 6. The first kappa shape index (κ1) is 19.4. The highest BCUT2D eigenvalue weighted by molar-refractivity contribution is 7.89. The minimum Gasteiger partial charge on any atom is -0.497 e. The van der Waals surface area contributed by atoms with Gasteiger partial charge in [0, 0.05) is 18.7 Å². The Labute approximate surface area is 160 Å². The summed E-state index contributed by atoms with van der Waals surface area (Å²) in [7, 11) is -1.86. The molecule has 0 aliphatic carbocycles. The van der Waals surface area contributed by atoms with Gasteiger partial charge in [-0.25, -0.2) is 8.42 Å². The van der Waals surface area contributed by atoms with Gasteiger partial charge in [-0.2, -0.15) is 4.31 Å². The zero-order chi connectivity index (χ0) is 19.4. The van der Waals surface area contributed by atoms with Crippen LogP contribution in [0.1, 0.15) is 41.7 Å². The van der Waals surface area contributed by atoms with Gasteiger partial charge in [-0.15, -0.1) is 0 Å². The molecule has 1 N–H and O–H groups in total. The van der Waals surface area contributed by atoms with Gasteiger partial charge >= 0.3 is 0 Å². The van der Waals surface area contributed by atoms with E-state index in [4.69, 9.17) is 4.74 Å². The highest BCUT2D eigenvalue weighted by Gasteiger charge is 2.27. The summed E-state index contributed by atoms with van der Waals surface area (Å²) in [5.41, 5.74) is 1.38. The van der Waals surface area contributed by atoms with Crippen molar-refractivity contribution in [3.05, 3.63) is 59.7 Å². The second-order valence-electron chi connectivity index (χ2n) is 6.60. The van der Waals surface area contributed by atoms with Gasteiger partial charge < -0.3 is 10.1 Å². The summed E-state index contributed by atoms with van der Waals surface area (Å²) in [5.74, 6) is 0.510. The molecular formula is C20H24N2O4S. The van der Waals surface area contributed by atoms with Gasteiger partial charge in [-0.3, -0.25) is 4.79 Å². The maximum atomic E-state index is 12.5. The van der Waals surface area contributed by atoms with E-state index in [2.05, 4.69) is 5.32 Å². The van der Waals surface area contributed by atoms with Crippen molar-refractivity contribution >= 4 is 15.9 Å². The molecule has 2 aromatic rings. The average molecular weight is 388 g/mol. The Bertz CT molecular complexity index is 887. The van der Waals surface area contributed by atoms with Crippen LogP contribution < -0.4 is 10.1 Å². The van der Waals surface area contributed by atoms with Crippen LogP contribution in [0.3, 0.4) is 0 Å². The van der Waals surface area contributed by atoms with E-state index in [-0.39, 0.29) is 16.8 Å². The summed E-state index contributed by atoms with van der Waals surface area (Å²) in [6.45, 7) is 3.01. The van der Waals surface area contributed by atoms with Crippen molar-refractivity contribution in [1.29, 1.82) is 0 Å². The van der Waals surface area contributed by atoms with Crippen LogP contribution in [0, 0.1) is 0 Å². The third-order valence-electron chi connectivity index (χ3n) is 4.78. The summed E-state index contributed by atoms with van der Waals surface area (Å²) in [6.07, 6.45) is 1.78. The van der Waals surface area contributed by atoms with E-state index >= 15 is 0 Å². The summed E-state index contributed by atoms with van der Waals surface area (Å²) < 4.78 is 31.7. The van der Waals surface area contributed by atoms with E-state index in [9.17, 15) is 13.2 Å². The lowest BCUT2D eigenvalue weighted by atomic mass is 10.1. The number of hydrogen-bond acceptors (Lipinski definition) is 4. The molecule has 144 valence electrons. The van der Waals surface area contributed by atoms with Crippen LogP contribution in [0.4, 0.5) is 0 Å². The Balaban J connectivity index is 1.68. The van der Waals surface area contributed by atoms with Gasteiger partial charge in [0.25, 0.3) is 5.91 Å². The second-order valence-corrected chi connectivity index (χ2v) is 8.54. The molecule has 1 saturated heterocycles. The van der Waals surface area contributed by atoms with Crippen molar-refractivity contribution < 1.29 is 17.9 Å². The smallest absolute Gasteiger partial charge is 0.251 e. The molecule has 1 atom stereocenters. The van der Waals surface area contributed by atoms with Gasteiger partial charge in [-0.05, 0) is 61.7 Å². The predicted octanol–water partition coefficient (Wildman–Crippen LogP) is 2.97. The predicted molar refractivity (Wildman–Crippen MR) is 103 cm³/mol. The number of hydrogen-bond donors (Lipinski definition) is 1. The van der Waals surface area contributed by atoms with Crippen molar-refractivity contribution in [2.75, 3.05) is 20.2 Å². The molecule has 0 aromatic heterocycles. The maximum Gasteiger partial charge on any atom is 0.251 e. The first-order valence-corrected chi connectivity index (χ1v) is 10.4. The number of carbonyl (C=O) groups excluding carboxylic acids is 1. The molecule has 1 amide bonds. The van der Waals surface area contributed by atoms with Gasteiger partial charge in [0.05, 0.1) is 18.0 Å². The topological polar surface area (TPSA) is 75.7 Å². The molecule has 1 aliphatic heterocycles. The monoisotopic (exact) mass is 388 g/mol. The number of ether oxygens (including phenoxy) is 1. The van der Waals surface area contributed by atoms with Crippen LogP contribution in [-0.2, 0) is 10.0 Å². The number of methoxy groups -OCH3 is 1. The molecule has 0 unspecified atom stereocenters. The average Bonchev–Trinajstić information content (AvgIpc) is 3.24. The van der Waals surface area contributed by atoms with E-state index < -0.39 is 10.0 Å². The molecule has 0 spiro atoms. The van der Waals surface area contributed by atoms with Crippen molar-refractivity contribution in [2.45, 2.75) is 30.7 Å². The summed E-state index contributed by atoms with van der Waals surface area (Å²) in [6, 6.07) is 13.4. The molecule has 0 radical (unpaired) electrons. The maximum absolute atomic E-state index is 12.5. The third kappa shape index (κ3) is 4.31. The van der Waals surface area contributed by atoms with E-state index in [1.165, 1.54) is 16.4 Å². The molecular weight excluding hydrogens is 364 g/mol. The summed E-state index contributed by atoms with van der Waals surface area (Å²) >= 11 is 0. The molecule has 27 heavy (non-hydrogen) atoms. The van der Waals surface area contributed by atoms with Crippen molar-refractivity contribution in [3.8, 4) is 5.75 Å². The van der Waals surface area contributed by atoms with E-state index in [0.717, 1.165) is 24.2 Å². The standard InChI is InChI=1S/C20H24N2O4S/c1-15(16-5-9-18(26-2)10-6-16)21-20(23)17-7-11-19(12-8-17)27(24,25)22-13-3-4-14-22/h5-12,15H,3-4,13-14H2,1-2H3,(H,21,23)/t15-/m1/s1. The first-order valence-electron chi connectivity index (χ1n) is 8.97. The van der Waals surface area contributed by atoms with Crippen LogP contribution >= 0.6 is 0 Å². The van der Waals surface area contributed by atoms with Crippen molar-refractivity contribution in [2.24, 2.45) is 0 Å². The third-order valence-corrected chi connectivity index (χ3v) is 6.70. The zero-order valence-corrected chi connectivity index (χ0v) is 16.3. The Morgan fingerprint density at radius 1 is 1.04 bits per heavy atom. The van der Waals surface area contributed by atoms with Crippen LogP contribution in [0.25, 0.3) is 0 Å². The molecule has 3 rings (SSSR count). The van der Waals surface area contributed by atoms with Gasteiger partial charge in [0.2, 0.25) is 10.0 Å². The summed E-state index contributed by atoms with van der Waals surface area (Å²) in [4.78, 5) is 12.7. The Morgan fingerprint density at radius 3 is 2.19 bits per heavy atom. The lowest BCUT2D eigenvalue weighted by Gasteiger charge is -2.17.